The molecule has 0 N–H and O–H groups in total. The molecule has 0 amide bonds. The van der Waals surface area contributed by atoms with Gasteiger partial charge in [-0.05, 0) is 6.42 Å². The van der Waals surface area contributed by atoms with Gasteiger partial charge >= 0.3 is 0 Å². The van der Waals surface area contributed by atoms with Crippen LogP contribution in [0.5, 0.6) is 0 Å². The number of rotatable bonds is 5. The highest BCUT2D eigenvalue weighted by Crippen LogP contribution is 2.18. The maximum absolute atomic E-state index is 5.21. The van der Waals surface area contributed by atoms with Crippen molar-refractivity contribution < 1.29 is 0 Å². The van der Waals surface area contributed by atoms with Gasteiger partial charge in [0.1, 0.15) is 4.32 Å². The van der Waals surface area contributed by atoms with Gasteiger partial charge in [0.05, 0.1) is 0 Å². The summed E-state index contributed by atoms with van der Waals surface area (Å²) in [5, 5.41) is 0. The fourth-order valence-electron chi connectivity index (χ4n) is 1.36. The molecule has 3 heteroatoms. The Morgan fingerprint density at radius 2 is 2.25 bits per heavy atom. The average molecular weight is 203 g/mol. The predicted molar refractivity (Wildman–Crippen MR) is 60.8 cm³/mol. The van der Waals surface area contributed by atoms with Crippen LogP contribution in [0.1, 0.15) is 32.6 Å². The third-order valence-electron chi connectivity index (χ3n) is 2.13. The number of thiocarbonyl (C=S) groups is 1. The summed E-state index contributed by atoms with van der Waals surface area (Å²) in [5.41, 5.74) is 0. The summed E-state index contributed by atoms with van der Waals surface area (Å²) in [5.74, 6) is 1.20. The summed E-state index contributed by atoms with van der Waals surface area (Å²) < 4.78 is 1.12. The van der Waals surface area contributed by atoms with Crippen LogP contribution in [0.25, 0.3) is 0 Å². The average Bonchev–Trinajstić information content (AvgIpc) is 2.46. The van der Waals surface area contributed by atoms with Crippen molar-refractivity contribution in [2.24, 2.45) is 0 Å². The third-order valence-corrected chi connectivity index (χ3v) is 3.63. The smallest absolute Gasteiger partial charge is 0.136 e. The highest BCUT2D eigenvalue weighted by atomic mass is 32.2. The van der Waals surface area contributed by atoms with Crippen molar-refractivity contribution in [2.75, 3.05) is 18.8 Å². The highest BCUT2D eigenvalue weighted by molar-refractivity contribution is 8.23. The van der Waals surface area contributed by atoms with Crippen LogP contribution in [0, 0.1) is 0 Å². The largest absolute Gasteiger partial charge is 0.357 e. The first-order valence-electron chi connectivity index (χ1n) is 4.76. The second-order valence-corrected chi connectivity index (χ2v) is 4.89. The van der Waals surface area contributed by atoms with Crippen molar-refractivity contribution in [3.8, 4) is 0 Å². The minimum Gasteiger partial charge on any atom is -0.357 e. The topological polar surface area (TPSA) is 3.24 Å². The molecule has 0 aliphatic carbocycles. The van der Waals surface area contributed by atoms with E-state index in [1.54, 1.807) is 0 Å². The molecule has 0 spiro atoms. The van der Waals surface area contributed by atoms with E-state index in [1.165, 1.54) is 44.5 Å². The van der Waals surface area contributed by atoms with Crippen LogP contribution >= 0.6 is 24.0 Å². The van der Waals surface area contributed by atoms with Gasteiger partial charge < -0.3 is 4.90 Å². The zero-order valence-electron chi connectivity index (χ0n) is 7.71. The summed E-state index contributed by atoms with van der Waals surface area (Å²) in [4.78, 5) is 2.34. The van der Waals surface area contributed by atoms with Crippen LogP contribution in [-0.2, 0) is 0 Å². The Hall–Kier alpha value is 0.240. The first-order chi connectivity index (χ1) is 5.84. The number of hydrogen-bond donors (Lipinski definition) is 0. The molecule has 0 saturated carbocycles. The lowest BCUT2D eigenvalue weighted by Crippen LogP contribution is -2.23. The summed E-state index contributed by atoms with van der Waals surface area (Å²) in [7, 11) is 0. The van der Waals surface area contributed by atoms with Crippen LogP contribution < -0.4 is 0 Å². The maximum atomic E-state index is 5.21. The first kappa shape index (κ1) is 10.3. The SMILES string of the molecule is CCCCCCN1CCSC1=S. The second-order valence-electron chi connectivity index (χ2n) is 3.16. The molecule has 0 bridgehead atoms. The summed E-state index contributed by atoms with van der Waals surface area (Å²) >= 11 is 7.03. The van der Waals surface area contributed by atoms with Crippen molar-refractivity contribution in [2.45, 2.75) is 32.6 Å². The number of nitrogens with zero attached hydrogens (tertiary/aromatic N) is 1. The van der Waals surface area contributed by atoms with E-state index in [-0.39, 0.29) is 0 Å². The van der Waals surface area contributed by atoms with Gasteiger partial charge in [-0.15, -0.1) is 0 Å². The van der Waals surface area contributed by atoms with E-state index in [4.69, 9.17) is 12.2 Å². The van der Waals surface area contributed by atoms with Crippen LogP contribution in [0.4, 0.5) is 0 Å². The van der Waals surface area contributed by atoms with E-state index in [0.29, 0.717) is 0 Å². The van der Waals surface area contributed by atoms with E-state index in [1.807, 2.05) is 11.8 Å². The molecule has 0 aromatic carbocycles. The molecular formula is C9H17NS2. The van der Waals surface area contributed by atoms with Gasteiger partial charge in [-0.2, -0.15) is 0 Å². The van der Waals surface area contributed by atoms with Crippen LogP contribution in [0.3, 0.4) is 0 Å². The van der Waals surface area contributed by atoms with E-state index in [9.17, 15) is 0 Å². The molecule has 0 unspecified atom stereocenters. The lowest BCUT2D eigenvalue weighted by atomic mass is 10.2. The zero-order valence-corrected chi connectivity index (χ0v) is 9.35. The van der Waals surface area contributed by atoms with E-state index in [0.717, 1.165) is 4.32 Å². The van der Waals surface area contributed by atoms with Gasteiger partial charge in [-0.25, -0.2) is 0 Å². The minimum atomic E-state index is 1.12. The molecule has 0 radical (unpaired) electrons. The molecule has 0 aromatic rings. The minimum absolute atomic E-state index is 1.12. The predicted octanol–water partition coefficient (Wildman–Crippen LogP) is 2.90. The monoisotopic (exact) mass is 203 g/mol. The fraction of sp³-hybridized carbons (Fsp3) is 0.889. The molecule has 12 heavy (non-hydrogen) atoms. The van der Waals surface area contributed by atoms with Crippen molar-refractivity contribution in [1.82, 2.24) is 4.90 Å². The highest BCUT2D eigenvalue weighted by Gasteiger charge is 2.15. The molecule has 1 heterocycles. The van der Waals surface area contributed by atoms with Gasteiger partial charge in [0, 0.05) is 18.8 Å². The molecule has 0 aromatic heterocycles. The van der Waals surface area contributed by atoms with Crippen molar-refractivity contribution in [3.63, 3.8) is 0 Å². The molecule has 1 aliphatic heterocycles. The lowest BCUT2D eigenvalue weighted by molar-refractivity contribution is 0.443. The summed E-state index contributed by atoms with van der Waals surface area (Å²) in [6, 6.07) is 0. The Morgan fingerprint density at radius 1 is 1.42 bits per heavy atom. The van der Waals surface area contributed by atoms with Crippen LogP contribution in [0.15, 0.2) is 0 Å². The van der Waals surface area contributed by atoms with Crippen molar-refractivity contribution in [3.05, 3.63) is 0 Å². The third kappa shape index (κ3) is 3.31. The van der Waals surface area contributed by atoms with E-state index < -0.39 is 0 Å². The zero-order chi connectivity index (χ0) is 8.81. The molecule has 1 nitrogen and oxygen atoms in total. The molecule has 1 saturated heterocycles. The van der Waals surface area contributed by atoms with Gasteiger partial charge in [-0.3, -0.25) is 0 Å². The molecular weight excluding hydrogens is 186 g/mol. The Balaban J connectivity index is 2.02. The normalized spacial score (nSPS) is 17.4. The van der Waals surface area contributed by atoms with Crippen molar-refractivity contribution >= 4 is 28.3 Å². The summed E-state index contributed by atoms with van der Waals surface area (Å²) in [6.07, 6.45) is 5.36. The molecule has 1 fully saturated rings. The Kier molecular flexibility index (Phi) is 5.00. The quantitative estimate of drug-likeness (QED) is 0.499. The Bertz CT molecular complexity index is 147. The molecule has 0 atom stereocenters. The Labute approximate surface area is 84.9 Å². The standard InChI is InChI=1S/C9H17NS2/c1-2-3-4-5-6-10-7-8-12-9(10)11/h2-8H2,1H3. The van der Waals surface area contributed by atoms with Crippen LogP contribution in [-0.4, -0.2) is 28.1 Å². The first-order valence-corrected chi connectivity index (χ1v) is 6.15. The van der Waals surface area contributed by atoms with Gasteiger partial charge in [0.15, 0.2) is 0 Å². The maximum Gasteiger partial charge on any atom is 0.136 e. The number of thioether (sulfide) groups is 1. The van der Waals surface area contributed by atoms with Gasteiger partial charge in [-0.1, -0.05) is 50.2 Å². The molecule has 70 valence electrons. The lowest BCUT2D eigenvalue weighted by Gasteiger charge is -2.15. The van der Waals surface area contributed by atoms with E-state index in [2.05, 4.69) is 11.8 Å². The Morgan fingerprint density at radius 3 is 2.83 bits per heavy atom. The van der Waals surface area contributed by atoms with Crippen LogP contribution in [0.2, 0.25) is 0 Å². The fourth-order valence-corrected chi connectivity index (χ4v) is 2.64. The van der Waals surface area contributed by atoms with E-state index >= 15 is 0 Å². The second kappa shape index (κ2) is 5.81. The molecule has 1 rings (SSSR count). The summed E-state index contributed by atoms with van der Waals surface area (Å²) in [6.45, 7) is 4.61. The number of unbranched alkanes of at least 4 members (excludes halogenated alkanes) is 3. The number of hydrogen-bond acceptors (Lipinski definition) is 2. The van der Waals surface area contributed by atoms with Crippen molar-refractivity contribution in [1.29, 1.82) is 0 Å². The molecule has 1 aliphatic rings. The van der Waals surface area contributed by atoms with Gasteiger partial charge in [0.25, 0.3) is 0 Å². The van der Waals surface area contributed by atoms with Gasteiger partial charge in [0.2, 0.25) is 0 Å².